The largest absolute Gasteiger partial charge is 0.363 e. The molecule has 0 aromatic carbocycles. The smallest absolute Gasteiger partial charge is 0.260 e. The van der Waals surface area contributed by atoms with E-state index in [9.17, 15) is 4.79 Å². The van der Waals surface area contributed by atoms with Gasteiger partial charge in [0, 0.05) is 32.2 Å². The number of anilines is 2. The third kappa shape index (κ3) is 4.20. The molecular formula is C22H30N8OS. The second-order valence-corrected chi connectivity index (χ2v) is 7.97. The van der Waals surface area contributed by atoms with E-state index in [1.165, 1.54) is 0 Å². The van der Waals surface area contributed by atoms with E-state index in [0.29, 0.717) is 36.0 Å². The van der Waals surface area contributed by atoms with E-state index in [-0.39, 0.29) is 25.4 Å². The van der Waals surface area contributed by atoms with Crippen molar-refractivity contribution < 1.29 is 4.79 Å². The quantitative estimate of drug-likeness (QED) is 0.587. The lowest BCUT2D eigenvalue weighted by Gasteiger charge is -2.17. The zero-order valence-corrected chi connectivity index (χ0v) is 20.1. The summed E-state index contributed by atoms with van der Waals surface area (Å²) in [4.78, 5) is 26.5. The molecule has 0 unspecified atom stereocenters. The number of hydrogen-bond acceptors (Lipinski definition) is 7. The Morgan fingerprint density at radius 2 is 2.03 bits per heavy atom. The van der Waals surface area contributed by atoms with Crippen molar-refractivity contribution in [3.05, 3.63) is 47.4 Å². The van der Waals surface area contributed by atoms with Gasteiger partial charge in [-0.05, 0) is 38.6 Å². The summed E-state index contributed by atoms with van der Waals surface area (Å²) in [7, 11) is 5.73. The molecule has 0 spiro atoms. The van der Waals surface area contributed by atoms with Crippen molar-refractivity contribution in [2.75, 3.05) is 30.9 Å². The third-order valence-electron chi connectivity index (χ3n) is 5.67. The van der Waals surface area contributed by atoms with Crippen LogP contribution in [0.3, 0.4) is 0 Å². The molecule has 0 saturated heterocycles. The SMILES string of the molecule is CC[C@H](C)n1cnnc1-c1cccc(N2Cc3c(cc(N(C)C)nc3CNC)C2=O)n1.S. The van der Waals surface area contributed by atoms with Crippen LogP contribution in [-0.2, 0) is 13.1 Å². The number of rotatable bonds is 7. The van der Waals surface area contributed by atoms with Crippen LogP contribution in [-0.4, -0.2) is 51.8 Å². The maximum absolute atomic E-state index is 13.3. The Bertz CT molecular complexity index is 1110. The van der Waals surface area contributed by atoms with Crippen molar-refractivity contribution in [1.82, 2.24) is 30.0 Å². The van der Waals surface area contributed by atoms with E-state index in [1.54, 1.807) is 11.2 Å². The average molecular weight is 455 g/mol. The highest BCUT2D eigenvalue weighted by atomic mass is 32.1. The van der Waals surface area contributed by atoms with Gasteiger partial charge in [0.15, 0.2) is 5.82 Å². The Morgan fingerprint density at radius 1 is 1.25 bits per heavy atom. The minimum Gasteiger partial charge on any atom is -0.363 e. The Hall–Kier alpha value is -2.98. The molecule has 1 aliphatic heterocycles. The Morgan fingerprint density at radius 3 is 2.72 bits per heavy atom. The molecule has 0 saturated carbocycles. The van der Waals surface area contributed by atoms with Crippen molar-refractivity contribution in [1.29, 1.82) is 0 Å². The molecule has 0 fully saturated rings. The number of carbonyl (C=O) groups is 1. The lowest BCUT2D eigenvalue weighted by Crippen LogP contribution is -2.24. The minimum atomic E-state index is -0.0640. The fraction of sp³-hybridized carbons (Fsp3) is 0.409. The summed E-state index contributed by atoms with van der Waals surface area (Å²) in [5, 5.41) is 11.5. The summed E-state index contributed by atoms with van der Waals surface area (Å²) in [5.41, 5.74) is 3.20. The number of carbonyl (C=O) groups excluding carboxylic acids is 1. The number of amides is 1. The number of nitrogens with one attached hydrogen (secondary N) is 1. The maximum atomic E-state index is 13.3. The van der Waals surface area contributed by atoms with Gasteiger partial charge in [-0.2, -0.15) is 13.5 Å². The first-order valence-electron chi connectivity index (χ1n) is 10.5. The van der Waals surface area contributed by atoms with Gasteiger partial charge in [-0.25, -0.2) is 9.97 Å². The standard InChI is InChI=1S/C22H28N8O.H2S/c1-6-14(2)30-13-24-27-21(30)17-8-7-9-19(25-17)29-12-16-15(22(29)31)10-20(28(4)5)26-18(16)11-23-3;/h7-10,13-14,23H,6,11-12H2,1-5H3;1H2/t14-;/m0./s1. The summed E-state index contributed by atoms with van der Waals surface area (Å²) in [6, 6.07) is 7.78. The van der Waals surface area contributed by atoms with Gasteiger partial charge in [0.25, 0.3) is 5.91 Å². The number of fused-ring (bicyclic) bond motifs is 1. The van der Waals surface area contributed by atoms with Gasteiger partial charge >= 0.3 is 0 Å². The van der Waals surface area contributed by atoms with Crippen LogP contribution < -0.4 is 15.1 Å². The van der Waals surface area contributed by atoms with Crippen molar-refractivity contribution in [3.63, 3.8) is 0 Å². The molecule has 0 aliphatic carbocycles. The van der Waals surface area contributed by atoms with Gasteiger partial charge in [0.1, 0.15) is 23.7 Å². The van der Waals surface area contributed by atoms with Crippen LogP contribution in [0.1, 0.15) is 47.9 Å². The van der Waals surface area contributed by atoms with Crippen molar-refractivity contribution >= 4 is 31.0 Å². The molecule has 1 N–H and O–H groups in total. The molecule has 1 amide bonds. The van der Waals surface area contributed by atoms with E-state index >= 15 is 0 Å². The zero-order chi connectivity index (χ0) is 22.1. The fourth-order valence-electron chi connectivity index (χ4n) is 3.72. The van der Waals surface area contributed by atoms with Crippen LogP contribution in [0.5, 0.6) is 0 Å². The van der Waals surface area contributed by atoms with Crippen LogP contribution in [0.2, 0.25) is 0 Å². The summed E-state index contributed by atoms with van der Waals surface area (Å²) >= 11 is 0. The van der Waals surface area contributed by atoms with E-state index in [4.69, 9.17) is 9.97 Å². The number of pyridine rings is 2. The average Bonchev–Trinajstić information content (AvgIpc) is 3.39. The van der Waals surface area contributed by atoms with Crippen LogP contribution in [0.4, 0.5) is 11.6 Å². The van der Waals surface area contributed by atoms with Gasteiger partial charge in [-0.3, -0.25) is 9.69 Å². The molecule has 4 heterocycles. The van der Waals surface area contributed by atoms with Crippen LogP contribution >= 0.6 is 13.5 Å². The number of hydrogen-bond donors (Lipinski definition) is 1. The predicted molar refractivity (Wildman–Crippen MR) is 130 cm³/mol. The minimum absolute atomic E-state index is 0. The highest BCUT2D eigenvalue weighted by Crippen LogP contribution is 2.32. The molecule has 4 rings (SSSR count). The topological polar surface area (TPSA) is 92.1 Å². The molecule has 3 aromatic heterocycles. The first kappa shape index (κ1) is 23.7. The predicted octanol–water partition coefficient (Wildman–Crippen LogP) is 2.76. The summed E-state index contributed by atoms with van der Waals surface area (Å²) in [6.07, 6.45) is 2.69. The van der Waals surface area contributed by atoms with Gasteiger partial charge in [0.2, 0.25) is 0 Å². The van der Waals surface area contributed by atoms with Gasteiger partial charge < -0.3 is 14.8 Å². The van der Waals surface area contributed by atoms with E-state index < -0.39 is 0 Å². The molecule has 9 nitrogen and oxygen atoms in total. The molecule has 10 heteroatoms. The summed E-state index contributed by atoms with van der Waals surface area (Å²) in [5.74, 6) is 2.00. The van der Waals surface area contributed by atoms with E-state index in [1.807, 2.05) is 54.9 Å². The zero-order valence-electron chi connectivity index (χ0n) is 19.1. The number of nitrogens with zero attached hydrogens (tertiary/aromatic N) is 7. The summed E-state index contributed by atoms with van der Waals surface area (Å²) in [6.45, 7) is 5.28. The third-order valence-corrected chi connectivity index (χ3v) is 5.67. The lowest BCUT2D eigenvalue weighted by atomic mass is 10.1. The van der Waals surface area contributed by atoms with Crippen molar-refractivity contribution in [3.8, 4) is 11.5 Å². The molecule has 1 aliphatic rings. The summed E-state index contributed by atoms with van der Waals surface area (Å²) < 4.78 is 2.02. The molecule has 3 aromatic rings. The first-order valence-corrected chi connectivity index (χ1v) is 10.5. The molecule has 32 heavy (non-hydrogen) atoms. The van der Waals surface area contributed by atoms with Gasteiger partial charge in [-0.15, -0.1) is 10.2 Å². The molecule has 0 bridgehead atoms. The van der Waals surface area contributed by atoms with Gasteiger partial charge in [0.05, 0.1) is 17.8 Å². The van der Waals surface area contributed by atoms with Crippen LogP contribution in [0.25, 0.3) is 11.5 Å². The highest BCUT2D eigenvalue weighted by Gasteiger charge is 2.33. The lowest BCUT2D eigenvalue weighted by molar-refractivity contribution is 0.0996. The molecule has 170 valence electrons. The Kier molecular flexibility index (Phi) is 7.15. The first-order chi connectivity index (χ1) is 14.9. The molecular weight excluding hydrogens is 424 g/mol. The van der Waals surface area contributed by atoms with Crippen LogP contribution in [0.15, 0.2) is 30.6 Å². The molecule has 1 atom stereocenters. The Labute approximate surface area is 195 Å². The normalized spacial score (nSPS) is 13.7. The maximum Gasteiger partial charge on any atom is 0.260 e. The second kappa shape index (κ2) is 9.66. The van der Waals surface area contributed by atoms with Crippen molar-refractivity contribution in [2.45, 2.75) is 39.4 Å². The Balaban J connectivity index is 0.00000289. The van der Waals surface area contributed by atoms with Crippen LogP contribution in [0, 0.1) is 0 Å². The van der Waals surface area contributed by atoms with Gasteiger partial charge in [-0.1, -0.05) is 13.0 Å². The highest BCUT2D eigenvalue weighted by molar-refractivity contribution is 7.59. The monoisotopic (exact) mass is 454 g/mol. The molecule has 0 radical (unpaired) electrons. The fourth-order valence-corrected chi connectivity index (χ4v) is 3.72. The second-order valence-electron chi connectivity index (χ2n) is 7.97. The van der Waals surface area contributed by atoms with Crippen molar-refractivity contribution in [2.24, 2.45) is 0 Å². The number of aromatic nitrogens is 5. The van der Waals surface area contributed by atoms with E-state index in [0.717, 1.165) is 23.5 Å². The van der Waals surface area contributed by atoms with E-state index in [2.05, 4.69) is 29.4 Å².